The van der Waals surface area contributed by atoms with E-state index < -0.39 is 0 Å². The first kappa shape index (κ1) is 16.6. The molecule has 1 aliphatic heterocycles. The van der Waals surface area contributed by atoms with Gasteiger partial charge in [-0.25, -0.2) is 0 Å². The highest BCUT2D eigenvalue weighted by molar-refractivity contribution is 6.14. The van der Waals surface area contributed by atoms with Gasteiger partial charge in [0.1, 0.15) is 5.75 Å². The van der Waals surface area contributed by atoms with Gasteiger partial charge in [-0.3, -0.25) is 4.79 Å². The molecule has 0 aromatic heterocycles. The van der Waals surface area contributed by atoms with Gasteiger partial charge in [0, 0.05) is 17.6 Å². The van der Waals surface area contributed by atoms with Crippen LogP contribution in [0, 0.1) is 11.3 Å². The molecule has 0 unspecified atom stereocenters. The van der Waals surface area contributed by atoms with Gasteiger partial charge >= 0.3 is 0 Å². The summed E-state index contributed by atoms with van der Waals surface area (Å²) in [6, 6.07) is 13.6. The molecule has 4 rings (SSSR count). The van der Waals surface area contributed by atoms with E-state index in [0.29, 0.717) is 30.9 Å². The van der Waals surface area contributed by atoms with Crippen LogP contribution in [-0.4, -0.2) is 26.1 Å². The van der Waals surface area contributed by atoms with Crippen molar-refractivity contribution in [2.45, 2.75) is 19.3 Å². The molecule has 0 N–H and O–H groups in total. The van der Waals surface area contributed by atoms with Crippen molar-refractivity contribution in [3.63, 3.8) is 0 Å². The minimum atomic E-state index is 0.141. The predicted octanol–water partition coefficient (Wildman–Crippen LogP) is 4.08. The molecule has 0 spiro atoms. The molecule has 2 aromatic carbocycles. The molecule has 2 aliphatic rings. The lowest BCUT2D eigenvalue weighted by molar-refractivity contribution is 0.102. The lowest BCUT2D eigenvalue weighted by Crippen LogP contribution is -2.11. The predicted molar refractivity (Wildman–Crippen MR) is 98.3 cm³/mol. The third kappa shape index (κ3) is 2.91. The Morgan fingerprint density at radius 2 is 1.88 bits per heavy atom. The number of rotatable bonds is 2. The van der Waals surface area contributed by atoms with Gasteiger partial charge in [0.15, 0.2) is 5.78 Å². The van der Waals surface area contributed by atoms with E-state index >= 15 is 0 Å². The van der Waals surface area contributed by atoms with E-state index in [1.54, 1.807) is 13.2 Å². The number of hydrogen-bond donors (Lipinski definition) is 0. The quantitative estimate of drug-likeness (QED) is 0.770. The van der Waals surface area contributed by atoms with Crippen molar-refractivity contribution in [1.82, 2.24) is 0 Å². The van der Waals surface area contributed by atoms with Crippen LogP contribution in [0.15, 0.2) is 47.5 Å². The summed E-state index contributed by atoms with van der Waals surface area (Å²) in [5.41, 5.74) is 6.38. The zero-order valence-electron chi connectivity index (χ0n) is 14.7. The van der Waals surface area contributed by atoms with Gasteiger partial charge < -0.3 is 9.47 Å². The maximum Gasteiger partial charge on any atom is 0.189 e. The highest BCUT2D eigenvalue weighted by atomic mass is 16.5. The van der Waals surface area contributed by atoms with E-state index in [2.05, 4.69) is 6.07 Å². The number of fused-ring (bicyclic) bond motifs is 1. The van der Waals surface area contributed by atoms with E-state index in [4.69, 9.17) is 9.47 Å². The average molecular weight is 345 g/mol. The molecule has 2 aromatic rings. The van der Waals surface area contributed by atoms with Gasteiger partial charge in [-0.05, 0) is 53.8 Å². The minimum Gasteiger partial charge on any atom is -0.497 e. The molecule has 1 fully saturated rings. The fourth-order valence-electron chi connectivity index (χ4n) is 3.71. The Morgan fingerprint density at radius 3 is 2.62 bits per heavy atom. The summed E-state index contributed by atoms with van der Waals surface area (Å²) >= 11 is 0. The molecular formula is C22H19NO3. The highest BCUT2D eigenvalue weighted by Crippen LogP contribution is 2.35. The summed E-state index contributed by atoms with van der Waals surface area (Å²) in [7, 11) is 1.58. The third-order valence-electron chi connectivity index (χ3n) is 5.12. The minimum absolute atomic E-state index is 0.141. The van der Waals surface area contributed by atoms with E-state index in [-0.39, 0.29) is 5.78 Å². The van der Waals surface area contributed by atoms with Crippen LogP contribution in [0.25, 0.3) is 11.1 Å². The Balaban J connectivity index is 1.74. The zero-order valence-corrected chi connectivity index (χ0v) is 14.7. The number of nitriles is 1. The summed E-state index contributed by atoms with van der Waals surface area (Å²) in [6.07, 6.45) is 2.41. The molecule has 0 saturated carbocycles. The largest absolute Gasteiger partial charge is 0.497 e. The van der Waals surface area contributed by atoms with Gasteiger partial charge in [0.05, 0.1) is 32.0 Å². The van der Waals surface area contributed by atoms with E-state index in [0.717, 1.165) is 40.7 Å². The van der Waals surface area contributed by atoms with E-state index in [1.807, 2.05) is 30.3 Å². The number of allylic oxidation sites excluding steroid dienone is 1. The fourth-order valence-corrected chi connectivity index (χ4v) is 3.71. The summed E-state index contributed by atoms with van der Waals surface area (Å²) in [5.74, 6) is 0.776. The monoisotopic (exact) mass is 345 g/mol. The van der Waals surface area contributed by atoms with Crippen molar-refractivity contribution in [2.75, 3.05) is 20.3 Å². The topological polar surface area (TPSA) is 59.3 Å². The summed E-state index contributed by atoms with van der Waals surface area (Å²) in [5, 5.41) is 9.23. The number of ether oxygens (including phenoxy) is 2. The maximum absolute atomic E-state index is 13.0. The lowest BCUT2D eigenvalue weighted by atomic mass is 9.97. The van der Waals surface area contributed by atoms with Gasteiger partial charge in [-0.2, -0.15) is 5.26 Å². The molecule has 0 bridgehead atoms. The highest BCUT2D eigenvalue weighted by Gasteiger charge is 2.28. The number of carbonyl (C=O) groups excluding carboxylic acids is 1. The Hall–Kier alpha value is -2.90. The van der Waals surface area contributed by atoms with Gasteiger partial charge in [0.2, 0.25) is 0 Å². The Labute approximate surface area is 152 Å². The second-order valence-electron chi connectivity index (χ2n) is 6.63. The standard InChI is InChI=1S/C22H19NO3/c1-25-19-9-14(13-23)8-18(10-19)16-2-3-17-12-20(22(24)21(17)11-16)15-4-6-26-7-5-15/h2-3,8-11H,4-7,12H2,1H3. The molecule has 1 saturated heterocycles. The third-order valence-corrected chi connectivity index (χ3v) is 5.12. The normalized spacial score (nSPS) is 16.4. The molecule has 1 heterocycles. The number of ketones is 1. The molecule has 1 aliphatic carbocycles. The number of nitrogens with zero attached hydrogens (tertiary/aromatic N) is 1. The lowest BCUT2D eigenvalue weighted by Gasteiger charge is -2.16. The van der Waals surface area contributed by atoms with Crippen LogP contribution in [0.4, 0.5) is 0 Å². The Kier molecular flexibility index (Phi) is 4.32. The van der Waals surface area contributed by atoms with Gasteiger partial charge in [0.25, 0.3) is 0 Å². The van der Waals surface area contributed by atoms with Crippen LogP contribution in [0.5, 0.6) is 5.75 Å². The molecule has 0 atom stereocenters. The van der Waals surface area contributed by atoms with Crippen molar-refractivity contribution in [3.8, 4) is 22.9 Å². The van der Waals surface area contributed by atoms with Crippen molar-refractivity contribution in [3.05, 3.63) is 64.2 Å². The summed E-state index contributed by atoms with van der Waals surface area (Å²) in [4.78, 5) is 13.0. The maximum atomic E-state index is 13.0. The summed E-state index contributed by atoms with van der Waals surface area (Å²) < 4.78 is 10.7. The smallest absolute Gasteiger partial charge is 0.189 e. The molecule has 26 heavy (non-hydrogen) atoms. The van der Waals surface area contributed by atoms with Crippen LogP contribution in [0.2, 0.25) is 0 Å². The van der Waals surface area contributed by atoms with Crippen LogP contribution >= 0.6 is 0 Å². The zero-order chi connectivity index (χ0) is 18.1. The Bertz CT molecular complexity index is 958. The first-order valence-electron chi connectivity index (χ1n) is 8.75. The van der Waals surface area contributed by atoms with E-state index in [1.165, 1.54) is 5.57 Å². The Morgan fingerprint density at radius 1 is 1.08 bits per heavy atom. The molecule has 0 radical (unpaired) electrons. The first-order chi connectivity index (χ1) is 12.7. The molecule has 130 valence electrons. The SMILES string of the molecule is COc1cc(C#N)cc(-c2ccc3c(c2)C(=O)C(=C2CCOCC2)C3)c1. The second-order valence-corrected chi connectivity index (χ2v) is 6.63. The van der Waals surface area contributed by atoms with Crippen LogP contribution in [0.1, 0.15) is 34.3 Å². The molecular weight excluding hydrogens is 326 g/mol. The van der Waals surface area contributed by atoms with Crippen molar-refractivity contribution >= 4 is 5.78 Å². The van der Waals surface area contributed by atoms with E-state index in [9.17, 15) is 10.1 Å². The number of benzene rings is 2. The molecule has 4 heteroatoms. The molecule has 4 nitrogen and oxygen atoms in total. The molecule has 0 amide bonds. The second kappa shape index (κ2) is 6.78. The fraction of sp³-hybridized carbons (Fsp3) is 0.273. The van der Waals surface area contributed by atoms with Crippen molar-refractivity contribution in [2.24, 2.45) is 0 Å². The van der Waals surface area contributed by atoms with Crippen LogP contribution < -0.4 is 4.74 Å². The van der Waals surface area contributed by atoms with Crippen LogP contribution in [0.3, 0.4) is 0 Å². The van der Waals surface area contributed by atoms with Crippen molar-refractivity contribution < 1.29 is 14.3 Å². The number of carbonyl (C=O) groups is 1. The average Bonchev–Trinajstić information content (AvgIpc) is 3.04. The first-order valence-corrected chi connectivity index (χ1v) is 8.75. The summed E-state index contributed by atoms with van der Waals surface area (Å²) in [6.45, 7) is 1.41. The van der Waals surface area contributed by atoms with Gasteiger partial charge in [-0.15, -0.1) is 0 Å². The number of Topliss-reactive ketones (excluding diaryl/α,β-unsaturated/α-hetero) is 1. The number of methoxy groups -OCH3 is 1. The van der Waals surface area contributed by atoms with Crippen molar-refractivity contribution in [1.29, 1.82) is 5.26 Å². The van der Waals surface area contributed by atoms with Gasteiger partial charge in [-0.1, -0.05) is 17.7 Å². The number of hydrogen-bond acceptors (Lipinski definition) is 4. The van der Waals surface area contributed by atoms with Crippen LogP contribution in [-0.2, 0) is 11.2 Å².